The van der Waals surface area contributed by atoms with Crippen molar-refractivity contribution in [2.24, 2.45) is 5.92 Å². The summed E-state index contributed by atoms with van der Waals surface area (Å²) in [5.41, 5.74) is 4.55. The molecule has 0 aromatic carbocycles. The van der Waals surface area contributed by atoms with E-state index in [1.54, 1.807) is 36.5 Å². The second kappa shape index (κ2) is 33.6. The maximum Gasteiger partial charge on any atom is 0.481 e. The summed E-state index contributed by atoms with van der Waals surface area (Å²) in [5, 5.41) is 40.9. The topological polar surface area (TPSA) is 306 Å². The summed E-state index contributed by atoms with van der Waals surface area (Å²) in [7, 11) is -10.9. The number of esters is 2. The van der Waals surface area contributed by atoms with Gasteiger partial charge >= 0.3 is 33.3 Å². The minimum Gasteiger partial charge on any atom is -0.462 e. The summed E-state index contributed by atoms with van der Waals surface area (Å²) >= 11 is 0. The molecule has 0 bridgehead atoms. The van der Waals surface area contributed by atoms with Gasteiger partial charge in [-0.1, -0.05) is 132 Å². The second-order valence-electron chi connectivity index (χ2n) is 16.4. The van der Waals surface area contributed by atoms with E-state index in [1.165, 1.54) is 18.6 Å². The maximum atomic E-state index is 12.8. The van der Waals surface area contributed by atoms with Gasteiger partial charge in [-0.25, -0.2) is 13.9 Å². The van der Waals surface area contributed by atoms with Crippen LogP contribution in [0.5, 0.6) is 0 Å². The fourth-order valence-electron chi connectivity index (χ4n) is 6.29. The number of unbranched alkanes of at least 4 members (excludes halogenated alkanes) is 6. The SMILES string of the molecule is CC/C=C\C[C@H](O)/C=C/C=C\C/C=C\C=C\[C@H](O)/C=C\CCCC(=O)O[C@H](COC(=O)CCCCCCCCC(C)C)COP(=O)(O)OP(=O)(O)OC[C@H]1O[C@@H](n2ccc(N)nc2=O)[C@H](O)[C@@H]1O. The van der Waals surface area contributed by atoms with Crippen LogP contribution >= 0.6 is 15.6 Å². The molecule has 1 saturated heterocycles. The Kier molecular flexibility index (Phi) is 29.8. The maximum absolute atomic E-state index is 12.8. The Morgan fingerprint density at radius 1 is 0.838 bits per heavy atom. The van der Waals surface area contributed by atoms with Crippen LogP contribution in [-0.2, 0) is 46.3 Å². The third-order valence-corrected chi connectivity index (χ3v) is 12.5. The van der Waals surface area contributed by atoms with E-state index in [2.05, 4.69) is 23.1 Å². The zero-order chi connectivity index (χ0) is 50.4. The molecule has 0 amide bonds. The van der Waals surface area contributed by atoms with Crippen molar-refractivity contribution in [2.75, 3.05) is 25.6 Å². The molecule has 0 spiro atoms. The number of aliphatic hydroxyl groups excluding tert-OH is 4. The highest BCUT2D eigenvalue weighted by Gasteiger charge is 2.46. The van der Waals surface area contributed by atoms with Gasteiger partial charge in [0.2, 0.25) is 0 Å². The molecule has 8 N–H and O–H groups in total. The minimum absolute atomic E-state index is 0.0774. The first kappa shape index (κ1) is 60.2. The zero-order valence-electron chi connectivity index (χ0n) is 39.3. The van der Waals surface area contributed by atoms with Crippen molar-refractivity contribution in [2.45, 2.75) is 154 Å². The quantitative estimate of drug-likeness (QED) is 0.0128. The lowest BCUT2D eigenvalue weighted by Crippen LogP contribution is -2.36. The first-order chi connectivity index (χ1) is 32.3. The summed E-state index contributed by atoms with van der Waals surface area (Å²) in [6, 6.07) is 1.23. The Morgan fingerprint density at radius 2 is 1.50 bits per heavy atom. The molecule has 1 aromatic heterocycles. The molecule has 22 heteroatoms. The Morgan fingerprint density at radius 3 is 2.19 bits per heavy atom. The van der Waals surface area contributed by atoms with Crippen molar-refractivity contribution in [1.29, 1.82) is 0 Å². The number of nitrogen functional groups attached to an aromatic ring is 1. The van der Waals surface area contributed by atoms with E-state index in [-0.39, 0.29) is 25.1 Å². The number of hydrogen-bond acceptors (Lipinski definition) is 17. The molecule has 20 nitrogen and oxygen atoms in total. The summed E-state index contributed by atoms with van der Waals surface area (Å²) in [5.74, 6) is -0.857. The molecule has 68 heavy (non-hydrogen) atoms. The van der Waals surface area contributed by atoms with Gasteiger partial charge in [0.05, 0.1) is 25.4 Å². The average molecular weight is 1000 g/mol. The number of nitrogens with zero attached hydrogens (tertiary/aromatic N) is 2. The molecule has 2 rings (SSSR count). The Balaban J connectivity index is 1.89. The number of carbonyl (C=O) groups is 2. The summed E-state index contributed by atoms with van der Waals surface area (Å²) in [6.45, 7) is 3.91. The van der Waals surface area contributed by atoms with Gasteiger partial charge in [-0.05, 0) is 50.5 Å². The van der Waals surface area contributed by atoms with Gasteiger partial charge in [-0.3, -0.25) is 23.2 Å². The summed E-state index contributed by atoms with van der Waals surface area (Å²) < 4.78 is 56.3. The average Bonchev–Trinajstić information content (AvgIpc) is 3.55. The van der Waals surface area contributed by atoms with E-state index in [4.69, 9.17) is 29.0 Å². The lowest BCUT2D eigenvalue weighted by Gasteiger charge is -2.21. The monoisotopic (exact) mass is 1000 g/mol. The van der Waals surface area contributed by atoms with Crippen LogP contribution in [0.15, 0.2) is 90.0 Å². The van der Waals surface area contributed by atoms with Gasteiger partial charge in [0.25, 0.3) is 0 Å². The number of phosphoric acid groups is 2. The van der Waals surface area contributed by atoms with Crippen LogP contribution in [0.2, 0.25) is 0 Å². The van der Waals surface area contributed by atoms with E-state index in [1.807, 2.05) is 37.3 Å². The number of aliphatic hydroxyl groups is 4. The van der Waals surface area contributed by atoms with E-state index < -0.39 is 95.9 Å². The smallest absolute Gasteiger partial charge is 0.462 e. The van der Waals surface area contributed by atoms with Crippen LogP contribution in [0, 0.1) is 5.92 Å². The van der Waals surface area contributed by atoms with E-state index in [0.29, 0.717) is 31.6 Å². The van der Waals surface area contributed by atoms with Crippen LogP contribution < -0.4 is 11.4 Å². The Hall–Kier alpha value is -3.88. The number of ether oxygens (including phenoxy) is 3. The fraction of sp³-hybridized carbons (Fsp3) is 0.609. The van der Waals surface area contributed by atoms with E-state index >= 15 is 0 Å². The van der Waals surface area contributed by atoms with Gasteiger partial charge < -0.3 is 50.2 Å². The molecule has 1 aromatic rings. The number of rotatable bonds is 35. The Labute approximate surface area is 399 Å². The van der Waals surface area contributed by atoms with Crippen molar-refractivity contribution < 1.29 is 76.5 Å². The van der Waals surface area contributed by atoms with Crippen molar-refractivity contribution in [3.63, 3.8) is 0 Å². The molecule has 384 valence electrons. The highest BCUT2D eigenvalue weighted by atomic mass is 31.3. The fourth-order valence-corrected chi connectivity index (χ4v) is 8.41. The lowest BCUT2D eigenvalue weighted by molar-refractivity contribution is -0.161. The number of anilines is 1. The molecule has 1 fully saturated rings. The Bertz CT molecular complexity index is 1970. The molecule has 0 saturated carbocycles. The molecular weight excluding hydrogens is 928 g/mol. The van der Waals surface area contributed by atoms with Crippen molar-refractivity contribution in [3.05, 3.63) is 95.7 Å². The van der Waals surface area contributed by atoms with Crippen LogP contribution in [0.3, 0.4) is 0 Å². The molecular formula is C46H73N3O17P2. The van der Waals surface area contributed by atoms with Gasteiger partial charge in [0.15, 0.2) is 12.3 Å². The number of phosphoric ester groups is 2. The first-order valence-electron chi connectivity index (χ1n) is 23.0. The highest BCUT2D eigenvalue weighted by Crippen LogP contribution is 2.60. The van der Waals surface area contributed by atoms with Crippen molar-refractivity contribution in [1.82, 2.24) is 9.55 Å². The number of nitrogens with two attached hydrogens (primary N) is 1. The molecule has 1 aliphatic heterocycles. The third-order valence-electron chi connectivity index (χ3n) is 9.91. The van der Waals surface area contributed by atoms with Crippen molar-refractivity contribution >= 4 is 33.4 Å². The largest absolute Gasteiger partial charge is 0.481 e. The summed E-state index contributed by atoms with van der Waals surface area (Å²) in [4.78, 5) is 61.6. The van der Waals surface area contributed by atoms with Crippen LogP contribution in [0.4, 0.5) is 5.82 Å². The van der Waals surface area contributed by atoms with Crippen LogP contribution in [0.25, 0.3) is 0 Å². The number of hydrogen-bond donors (Lipinski definition) is 7. The first-order valence-corrected chi connectivity index (χ1v) is 26.0. The van der Waals surface area contributed by atoms with Crippen LogP contribution in [-0.4, -0.2) is 108 Å². The second-order valence-corrected chi connectivity index (χ2v) is 19.4. The standard InChI is InChI=1S/C46H73N3O17P2/c1-4-5-16-24-36(50)25-18-12-7-6-8-13-19-26-37(51)27-20-15-22-29-42(53)64-38(32-61-41(52)28-21-14-10-9-11-17-23-35(2)3)33-62-67(57,58)66-68(59,60)63-34-39-43(54)44(55)45(65-39)49-31-30-40(47)48-46(49)56/h5,7-8,12-13,16,18-20,25-27,30-31,35-39,43-45,50-51,54-55H,4,6,9-11,14-15,17,21-24,28-29,32-34H2,1-3H3,(H,57,58)(H,59,60)(H2,47,48,56)/b12-7-,13-8-,16-5-,25-18+,26-19+,27-20-/t36-,37-,38+,39+,43+,44+,45+/m0/s1. The molecule has 2 heterocycles. The number of carbonyl (C=O) groups excluding carboxylic acids is 2. The zero-order valence-corrected chi connectivity index (χ0v) is 41.1. The molecule has 9 atom stereocenters. The predicted molar refractivity (Wildman–Crippen MR) is 254 cm³/mol. The molecule has 0 aliphatic carbocycles. The van der Waals surface area contributed by atoms with Gasteiger partial charge in [-0.15, -0.1) is 0 Å². The minimum atomic E-state index is -5.47. The van der Waals surface area contributed by atoms with Crippen LogP contribution in [0.1, 0.15) is 117 Å². The normalized spacial score (nSPS) is 21.1. The molecule has 0 radical (unpaired) electrons. The number of allylic oxidation sites excluding steroid dienone is 8. The summed E-state index contributed by atoms with van der Waals surface area (Å²) in [6.07, 6.45) is 22.7. The molecule has 2 unspecified atom stereocenters. The van der Waals surface area contributed by atoms with Gasteiger partial charge in [-0.2, -0.15) is 9.29 Å². The third kappa shape index (κ3) is 27.3. The predicted octanol–water partition coefficient (Wildman–Crippen LogP) is 6.35. The lowest BCUT2D eigenvalue weighted by atomic mass is 10.0. The number of aromatic nitrogens is 2. The van der Waals surface area contributed by atoms with Crippen molar-refractivity contribution in [3.8, 4) is 0 Å². The van der Waals surface area contributed by atoms with E-state index in [9.17, 15) is 53.7 Å². The van der Waals surface area contributed by atoms with E-state index in [0.717, 1.165) is 49.3 Å². The van der Waals surface area contributed by atoms with Gasteiger partial charge in [0.1, 0.15) is 30.7 Å². The highest BCUT2D eigenvalue weighted by molar-refractivity contribution is 7.61. The molecule has 1 aliphatic rings. The van der Waals surface area contributed by atoms with Gasteiger partial charge in [0, 0.05) is 19.0 Å².